The Balaban J connectivity index is 1.61. The summed E-state index contributed by atoms with van der Waals surface area (Å²) in [5.41, 5.74) is 4.24. The van der Waals surface area contributed by atoms with E-state index in [1.54, 1.807) is 35.5 Å². The molecule has 4 rings (SSSR count). The number of nitrogens with one attached hydrogen (secondary N) is 1. The number of benzene rings is 3. The Labute approximate surface area is 224 Å². The average Bonchev–Trinajstić information content (AvgIpc) is 2.96. The summed E-state index contributed by atoms with van der Waals surface area (Å²) in [7, 11) is 8.21. The largest absolute Gasteiger partial charge is 0.497 e. The molecule has 1 amide bonds. The standard InChI is InChI=1S/C30H36N2O6/c1-34-23-16-21-12-13-32(19-29(33)31-18-22-8-6-7-9-25(22)35-2)24(30(21)28(17-23)38-5)14-20-10-11-26(36-3)27(15-20)37-4/h6-11,15-17,24H,12-14,18-19H2,1-5H3,(H,31,33). The third-order valence-electron chi connectivity index (χ3n) is 6.99. The van der Waals surface area contributed by atoms with E-state index in [9.17, 15) is 4.79 Å². The molecule has 0 saturated carbocycles. The van der Waals surface area contributed by atoms with Gasteiger partial charge in [-0.2, -0.15) is 0 Å². The van der Waals surface area contributed by atoms with Crippen LogP contribution < -0.4 is 29.0 Å². The molecule has 0 aromatic heterocycles. The van der Waals surface area contributed by atoms with E-state index < -0.39 is 0 Å². The Hall–Kier alpha value is -3.91. The molecule has 1 atom stereocenters. The lowest BCUT2D eigenvalue weighted by Crippen LogP contribution is -2.43. The zero-order valence-corrected chi connectivity index (χ0v) is 22.7. The molecule has 0 spiro atoms. The number of carbonyl (C=O) groups is 1. The van der Waals surface area contributed by atoms with Gasteiger partial charge in [0.1, 0.15) is 17.2 Å². The van der Waals surface area contributed by atoms with Crippen molar-refractivity contribution in [3.8, 4) is 28.7 Å². The van der Waals surface area contributed by atoms with Gasteiger partial charge in [-0.05, 0) is 48.2 Å². The van der Waals surface area contributed by atoms with Crippen LogP contribution in [0.2, 0.25) is 0 Å². The maximum absolute atomic E-state index is 13.2. The van der Waals surface area contributed by atoms with Crippen molar-refractivity contribution in [1.29, 1.82) is 0 Å². The average molecular weight is 521 g/mol. The SMILES string of the molecule is COc1cc2c(c(OC)c1)C(Cc1ccc(OC)c(OC)c1)N(CC(=O)NCc1ccccc1OC)CC2. The van der Waals surface area contributed by atoms with E-state index in [2.05, 4.69) is 16.3 Å². The molecule has 3 aromatic carbocycles. The van der Waals surface area contributed by atoms with Crippen molar-refractivity contribution in [1.82, 2.24) is 10.2 Å². The number of amides is 1. The number of para-hydroxylation sites is 1. The van der Waals surface area contributed by atoms with Crippen LogP contribution in [0.4, 0.5) is 0 Å². The molecule has 0 aliphatic carbocycles. The second-order valence-electron chi connectivity index (χ2n) is 9.12. The number of hydrogen-bond donors (Lipinski definition) is 1. The lowest BCUT2D eigenvalue weighted by atomic mass is 9.87. The summed E-state index contributed by atoms with van der Waals surface area (Å²) in [5.74, 6) is 3.56. The number of nitrogens with zero attached hydrogens (tertiary/aromatic N) is 1. The Bertz CT molecular complexity index is 1240. The molecule has 8 nitrogen and oxygen atoms in total. The molecule has 0 bridgehead atoms. The van der Waals surface area contributed by atoms with E-state index in [1.807, 2.05) is 48.5 Å². The third-order valence-corrected chi connectivity index (χ3v) is 6.99. The van der Waals surface area contributed by atoms with Gasteiger partial charge < -0.3 is 29.0 Å². The quantitative estimate of drug-likeness (QED) is 0.406. The number of hydrogen-bond acceptors (Lipinski definition) is 7. The number of methoxy groups -OCH3 is 5. The highest BCUT2D eigenvalue weighted by molar-refractivity contribution is 5.78. The topological polar surface area (TPSA) is 78.5 Å². The molecular formula is C30H36N2O6. The monoisotopic (exact) mass is 520 g/mol. The minimum Gasteiger partial charge on any atom is -0.497 e. The fourth-order valence-corrected chi connectivity index (χ4v) is 5.07. The van der Waals surface area contributed by atoms with Crippen molar-refractivity contribution in [3.63, 3.8) is 0 Å². The summed E-state index contributed by atoms with van der Waals surface area (Å²) in [6, 6.07) is 17.5. The lowest BCUT2D eigenvalue weighted by Gasteiger charge is -2.38. The van der Waals surface area contributed by atoms with E-state index in [0.717, 1.165) is 52.5 Å². The predicted molar refractivity (Wildman–Crippen MR) is 146 cm³/mol. The van der Waals surface area contributed by atoms with Crippen LogP contribution in [0.5, 0.6) is 28.7 Å². The summed E-state index contributed by atoms with van der Waals surface area (Å²) < 4.78 is 27.7. The highest BCUT2D eigenvalue weighted by Gasteiger charge is 2.32. The van der Waals surface area contributed by atoms with Gasteiger partial charge in [-0.1, -0.05) is 24.3 Å². The fraction of sp³-hybridized carbons (Fsp3) is 0.367. The normalized spacial score (nSPS) is 14.8. The van der Waals surface area contributed by atoms with Crippen molar-refractivity contribution in [2.75, 3.05) is 48.6 Å². The molecule has 1 aliphatic rings. The van der Waals surface area contributed by atoms with Crippen LogP contribution >= 0.6 is 0 Å². The number of carbonyl (C=O) groups excluding carboxylic acids is 1. The minimum atomic E-state index is -0.0882. The first-order valence-corrected chi connectivity index (χ1v) is 12.6. The first-order valence-electron chi connectivity index (χ1n) is 12.6. The van der Waals surface area contributed by atoms with Crippen LogP contribution in [0.3, 0.4) is 0 Å². The summed E-state index contributed by atoms with van der Waals surface area (Å²) in [5, 5.41) is 3.06. The van der Waals surface area contributed by atoms with E-state index in [1.165, 1.54) is 0 Å². The molecule has 0 saturated heterocycles. The van der Waals surface area contributed by atoms with E-state index in [4.69, 9.17) is 23.7 Å². The highest BCUT2D eigenvalue weighted by atomic mass is 16.5. The second-order valence-corrected chi connectivity index (χ2v) is 9.12. The van der Waals surface area contributed by atoms with E-state index >= 15 is 0 Å². The zero-order chi connectivity index (χ0) is 27.1. The number of rotatable bonds is 11. The van der Waals surface area contributed by atoms with Crippen LogP contribution in [0.1, 0.15) is 28.3 Å². The smallest absolute Gasteiger partial charge is 0.234 e. The molecule has 1 heterocycles. The molecule has 202 valence electrons. The van der Waals surface area contributed by atoms with Crippen molar-refractivity contribution < 1.29 is 28.5 Å². The third kappa shape index (κ3) is 5.97. The predicted octanol–water partition coefficient (Wildman–Crippen LogP) is 4.19. The summed E-state index contributed by atoms with van der Waals surface area (Å²) in [4.78, 5) is 15.4. The Kier molecular flexibility index (Phi) is 8.97. The van der Waals surface area contributed by atoms with Crippen LogP contribution in [-0.4, -0.2) is 59.4 Å². The van der Waals surface area contributed by atoms with Crippen LogP contribution in [-0.2, 0) is 24.2 Å². The lowest BCUT2D eigenvalue weighted by molar-refractivity contribution is -0.123. The van der Waals surface area contributed by atoms with Gasteiger partial charge in [-0.15, -0.1) is 0 Å². The van der Waals surface area contributed by atoms with Crippen LogP contribution in [0.25, 0.3) is 0 Å². The van der Waals surface area contributed by atoms with Crippen molar-refractivity contribution in [3.05, 3.63) is 76.9 Å². The Morgan fingerprint density at radius 1 is 0.842 bits per heavy atom. The summed E-state index contributed by atoms with van der Waals surface area (Å²) >= 11 is 0. The molecule has 38 heavy (non-hydrogen) atoms. The maximum Gasteiger partial charge on any atom is 0.234 e. The molecule has 1 aliphatic heterocycles. The van der Waals surface area contributed by atoms with Crippen molar-refractivity contribution >= 4 is 5.91 Å². The van der Waals surface area contributed by atoms with Crippen molar-refractivity contribution in [2.45, 2.75) is 25.4 Å². The highest BCUT2D eigenvalue weighted by Crippen LogP contribution is 2.41. The first-order chi connectivity index (χ1) is 18.5. The van der Waals surface area contributed by atoms with Crippen molar-refractivity contribution in [2.24, 2.45) is 0 Å². The van der Waals surface area contributed by atoms with Gasteiger partial charge in [-0.25, -0.2) is 0 Å². The molecular weight excluding hydrogens is 484 g/mol. The zero-order valence-electron chi connectivity index (χ0n) is 22.7. The molecule has 1 unspecified atom stereocenters. The van der Waals surface area contributed by atoms with Crippen LogP contribution in [0.15, 0.2) is 54.6 Å². The molecule has 0 radical (unpaired) electrons. The Morgan fingerprint density at radius 2 is 1.58 bits per heavy atom. The van der Waals surface area contributed by atoms with Crippen LogP contribution in [0, 0.1) is 0 Å². The van der Waals surface area contributed by atoms with Gasteiger partial charge in [0.05, 0.1) is 42.1 Å². The molecule has 0 fully saturated rings. The summed E-state index contributed by atoms with van der Waals surface area (Å²) in [6.07, 6.45) is 1.45. The van der Waals surface area contributed by atoms with E-state index in [-0.39, 0.29) is 18.5 Å². The molecule has 1 N–H and O–H groups in total. The number of fused-ring (bicyclic) bond motifs is 1. The van der Waals surface area contributed by atoms with E-state index in [0.29, 0.717) is 24.5 Å². The first kappa shape index (κ1) is 27.1. The number of ether oxygens (including phenoxy) is 5. The van der Waals surface area contributed by atoms with Gasteiger partial charge >= 0.3 is 0 Å². The van der Waals surface area contributed by atoms with Gasteiger partial charge in [-0.3, -0.25) is 9.69 Å². The van der Waals surface area contributed by atoms with Gasteiger partial charge in [0.2, 0.25) is 5.91 Å². The van der Waals surface area contributed by atoms with Gasteiger partial charge in [0.15, 0.2) is 11.5 Å². The fourth-order valence-electron chi connectivity index (χ4n) is 5.07. The van der Waals surface area contributed by atoms with Gasteiger partial charge in [0.25, 0.3) is 0 Å². The summed E-state index contributed by atoms with van der Waals surface area (Å²) in [6.45, 7) is 1.37. The molecule has 8 heteroatoms. The van der Waals surface area contributed by atoms with Gasteiger partial charge in [0, 0.05) is 36.3 Å². The maximum atomic E-state index is 13.2. The second kappa shape index (κ2) is 12.6. The minimum absolute atomic E-state index is 0.0517. The Morgan fingerprint density at radius 3 is 2.29 bits per heavy atom. The molecule has 3 aromatic rings.